The minimum atomic E-state index is 0.515. The molecule has 2 N–H and O–H groups in total. The van der Waals surface area contributed by atoms with Crippen LogP contribution in [0.15, 0.2) is 23.7 Å². The predicted octanol–water partition coefficient (Wildman–Crippen LogP) is 3.52. The molecule has 3 aromatic rings. The van der Waals surface area contributed by atoms with Crippen molar-refractivity contribution < 1.29 is 4.79 Å². The summed E-state index contributed by atoms with van der Waals surface area (Å²) in [5, 5.41) is 10.4. The number of pyridine rings is 1. The van der Waals surface area contributed by atoms with E-state index in [0.29, 0.717) is 12.1 Å². The zero-order valence-electron chi connectivity index (χ0n) is 16.7. The lowest BCUT2D eigenvalue weighted by Gasteiger charge is -2.50. The van der Waals surface area contributed by atoms with Crippen molar-refractivity contribution in [2.24, 2.45) is 0 Å². The lowest BCUT2D eigenvalue weighted by Crippen LogP contribution is -2.67. The van der Waals surface area contributed by atoms with Crippen LogP contribution in [-0.2, 0) is 4.79 Å². The fourth-order valence-electron chi connectivity index (χ4n) is 3.54. The minimum Gasteiger partial charge on any atom is -0.337 e. The largest absolute Gasteiger partial charge is 0.337 e. The SMILES string of the molecule is Cc1ccc(Nc2nc(-c3sc(C)nc3C)cs2)nc1.O=CN1[C@@H]2CNC[C@H]1C2. The molecule has 0 saturated carbocycles. The maximum Gasteiger partial charge on any atom is 0.210 e. The predicted molar refractivity (Wildman–Crippen MR) is 118 cm³/mol. The van der Waals surface area contributed by atoms with Gasteiger partial charge >= 0.3 is 0 Å². The molecule has 0 radical (unpaired) electrons. The highest BCUT2D eigenvalue weighted by Crippen LogP contribution is 2.32. The van der Waals surface area contributed by atoms with Crippen molar-refractivity contribution in [2.75, 3.05) is 18.4 Å². The number of hydrogen-bond acceptors (Lipinski definition) is 8. The number of carbonyl (C=O) groups is 1. The maximum absolute atomic E-state index is 10.3. The molecule has 0 aromatic carbocycles. The molecule has 9 heteroatoms. The van der Waals surface area contributed by atoms with Crippen molar-refractivity contribution in [3.8, 4) is 10.6 Å². The van der Waals surface area contributed by atoms with Gasteiger partial charge in [-0.3, -0.25) is 4.79 Å². The molecule has 2 atom stereocenters. The van der Waals surface area contributed by atoms with Crippen LogP contribution in [0, 0.1) is 20.8 Å². The van der Waals surface area contributed by atoms with Gasteiger partial charge in [-0.05, 0) is 38.8 Å². The summed E-state index contributed by atoms with van der Waals surface area (Å²) in [5.41, 5.74) is 3.16. The van der Waals surface area contributed by atoms with Crippen molar-refractivity contribution in [1.82, 2.24) is 25.2 Å². The topological polar surface area (TPSA) is 83.0 Å². The molecule has 2 bridgehead atoms. The zero-order valence-corrected chi connectivity index (χ0v) is 18.3. The highest BCUT2D eigenvalue weighted by Gasteiger charge is 2.39. The standard InChI is InChI=1S/C14H14N4S2.C6H10N2O/c1-8-4-5-12(15-6-8)18-14-17-11(7-19-14)13-9(2)16-10(3)20-13;9-4-8-5-1-6(8)3-7-2-5/h4-7H,1-3H3,(H,15,17,18);4-7H,1-3H2/t;5-,6+. The third-order valence-corrected chi connectivity index (χ3v) is 6.91. The molecule has 1 amide bonds. The van der Waals surface area contributed by atoms with Crippen LogP contribution in [0.3, 0.4) is 0 Å². The summed E-state index contributed by atoms with van der Waals surface area (Å²) in [7, 11) is 0. The molecular formula is C20H24N6OS2. The number of carbonyl (C=O) groups excluding carboxylic acids is 1. The Labute approximate surface area is 178 Å². The first-order valence-corrected chi connectivity index (χ1v) is 11.3. The lowest BCUT2D eigenvalue weighted by molar-refractivity contribution is -0.132. The van der Waals surface area contributed by atoms with Crippen LogP contribution in [0.5, 0.6) is 0 Å². The number of piperidine rings is 1. The first-order valence-electron chi connectivity index (χ1n) is 9.56. The minimum absolute atomic E-state index is 0.515. The number of amides is 1. The van der Waals surface area contributed by atoms with E-state index >= 15 is 0 Å². The van der Waals surface area contributed by atoms with E-state index in [-0.39, 0.29) is 0 Å². The molecule has 29 heavy (non-hydrogen) atoms. The van der Waals surface area contributed by atoms with Crippen LogP contribution in [0.2, 0.25) is 0 Å². The van der Waals surface area contributed by atoms with Gasteiger partial charge in [0.25, 0.3) is 0 Å². The quantitative estimate of drug-likeness (QED) is 0.619. The number of thiazole rings is 2. The van der Waals surface area contributed by atoms with Crippen LogP contribution in [0.1, 0.15) is 22.7 Å². The zero-order chi connectivity index (χ0) is 20.4. The Balaban J connectivity index is 0.000000188. The smallest absolute Gasteiger partial charge is 0.210 e. The number of rotatable bonds is 4. The summed E-state index contributed by atoms with van der Waals surface area (Å²) in [6.45, 7) is 8.05. The monoisotopic (exact) mass is 428 g/mol. The fourth-order valence-corrected chi connectivity index (χ4v) is 5.20. The van der Waals surface area contributed by atoms with Crippen LogP contribution < -0.4 is 10.6 Å². The lowest BCUT2D eigenvalue weighted by atomic mass is 9.90. The second-order valence-corrected chi connectivity index (χ2v) is 9.35. The summed E-state index contributed by atoms with van der Waals surface area (Å²) in [5.74, 6) is 0.814. The number of piperazine rings is 1. The average molecular weight is 429 g/mol. The van der Waals surface area contributed by atoms with Gasteiger partial charge in [0.1, 0.15) is 5.82 Å². The Kier molecular flexibility index (Phi) is 5.89. The normalized spacial score (nSPS) is 19.8. The molecule has 3 aromatic heterocycles. The Hall–Kier alpha value is -2.36. The maximum atomic E-state index is 10.3. The number of anilines is 2. The van der Waals surface area contributed by atoms with E-state index in [1.165, 1.54) is 6.42 Å². The molecule has 6 rings (SSSR count). The molecule has 3 saturated heterocycles. The van der Waals surface area contributed by atoms with Gasteiger partial charge in [-0.25, -0.2) is 15.0 Å². The van der Waals surface area contributed by atoms with E-state index in [1.54, 1.807) is 22.7 Å². The molecule has 3 aliphatic rings. The van der Waals surface area contributed by atoms with Crippen LogP contribution in [0.4, 0.5) is 10.9 Å². The van der Waals surface area contributed by atoms with Crippen molar-refractivity contribution >= 4 is 40.0 Å². The number of nitrogens with zero attached hydrogens (tertiary/aromatic N) is 4. The fraction of sp³-hybridized carbons (Fsp3) is 0.400. The number of aromatic nitrogens is 3. The van der Waals surface area contributed by atoms with Gasteiger partial charge in [0, 0.05) is 36.8 Å². The first kappa shape index (κ1) is 19.9. The van der Waals surface area contributed by atoms with Gasteiger partial charge in [-0.1, -0.05) is 6.07 Å². The summed E-state index contributed by atoms with van der Waals surface area (Å²) in [6.07, 6.45) is 4.03. The number of hydrogen-bond donors (Lipinski definition) is 2. The summed E-state index contributed by atoms with van der Waals surface area (Å²) in [6, 6.07) is 5.02. The second-order valence-electron chi connectivity index (χ2n) is 7.29. The van der Waals surface area contributed by atoms with E-state index in [9.17, 15) is 4.79 Å². The molecule has 6 heterocycles. The van der Waals surface area contributed by atoms with Crippen molar-refractivity contribution in [3.05, 3.63) is 40.0 Å². The first-order chi connectivity index (χ1) is 14.0. The molecule has 0 aliphatic carbocycles. The molecule has 3 fully saturated rings. The van der Waals surface area contributed by atoms with Crippen LogP contribution in [0.25, 0.3) is 10.6 Å². The Bertz CT molecular complexity index is 969. The Morgan fingerprint density at radius 2 is 2.00 bits per heavy atom. The Morgan fingerprint density at radius 1 is 1.21 bits per heavy atom. The molecule has 0 unspecified atom stereocenters. The van der Waals surface area contributed by atoms with E-state index in [0.717, 1.165) is 57.3 Å². The van der Waals surface area contributed by atoms with Gasteiger partial charge < -0.3 is 15.5 Å². The third-order valence-electron chi connectivity index (χ3n) is 5.06. The molecule has 7 nitrogen and oxygen atoms in total. The molecular weight excluding hydrogens is 404 g/mol. The summed E-state index contributed by atoms with van der Waals surface area (Å²) in [4.78, 5) is 26.7. The van der Waals surface area contributed by atoms with Gasteiger partial charge in [-0.2, -0.15) is 0 Å². The van der Waals surface area contributed by atoms with Crippen molar-refractivity contribution in [3.63, 3.8) is 0 Å². The molecule has 3 aliphatic heterocycles. The highest BCUT2D eigenvalue weighted by molar-refractivity contribution is 7.16. The number of fused-ring (bicyclic) bond motifs is 2. The van der Waals surface area contributed by atoms with Gasteiger partial charge in [0.05, 0.1) is 21.3 Å². The van der Waals surface area contributed by atoms with Gasteiger partial charge in [0.15, 0.2) is 5.13 Å². The van der Waals surface area contributed by atoms with Crippen molar-refractivity contribution in [2.45, 2.75) is 39.3 Å². The number of aryl methyl sites for hydroxylation is 3. The van der Waals surface area contributed by atoms with Gasteiger partial charge in [0.2, 0.25) is 6.41 Å². The molecule has 0 spiro atoms. The Morgan fingerprint density at radius 3 is 2.55 bits per heavy atom. The van der Waals surface area contributed by atoms with E-state index in [1.807, 2.05) is 44.0 Å². The van der Waals surface area contributed by atoms with E-state index < -0.39 is 0 Å². The second kappa shape index (κ2) is 8.56. The third kappa shape index (κ3) is 4.47. The van der Waals surface area contributed by atoms with E-state index in [4.69, 9.17) is 0 Å². The van der Waals surface area contributed by atoms with Crippen molar-refractivity contribution in [1.29, 1.82) is 0 Å². The highest BCUT2D eigenvalue weighted by atomic mass is 32.1. The summed E-state index contributed by atoms with van der Waals surface area (Å²) >= 11 is 3.26. The van der Waals surface area contributed by atoms with Crippen LogP contribution in [-0.4, -0.2) is 51.4 Å². The van der Waals surface area contributed by atoms with E-state index in [2.05, 4.69) is 31.0 Å². The van der Waals surface area contributed by atoms with Crippen LogP contribution >= 0.6 is 22.7 Å². The molecule has 152 valence electrons. The number of nitrogens with one attached hydrogen (secondary N) is 2. The van der Waals surface area contributed by atoms with Gasteiger partial charge in [-0.15, -0.1) is 22.7 Å². The summed E-state index contributed by atoms with van der Waals surface area (Å²) < 4.78 is 0. The average Bonchev–Trinajstić information content (AvgIpc) is 3.30.